The molecule has 0 aliphatic heterocycles. The first-order chi connectivity index (χ1) is 11.4. The molecular formula is C19H21NO4. The zero-order valence-corrected chi connectivity index (χ0v) is 14.4. The number of benzene rings is 1. The minimum absolute atomic E-state index is 0.0642. The summed E-state index contributed by atoms with van der Waals surface area (Å²) in [5, 5.41) is 4.08. The predicted octanol–water partition coefficient (Wildman–Crippen LogP) is 4.02. The molecule has 2 aromatic rings. The molecule has 126 valence electrons. The number of Topliss-reactive ketones (excluding diaryl/α,β-unsaturated/α-hetero) is 1. The van der Waals surface area contributed by atoms with Crippen LogP contribution in [0.4, 0.5) is 0 Å². The van der Waals surface area contributed by atoms with E-state index in [0.717, 1.165) is 17.7 Å². The van der Waals surface area contributed by atoms with Crippen molar-refractivity contribution in [1.29, 1.82) is 0 Å². The molecule has 24 heavy (non-hydrogen) atoms. The van der Waals surface area contributed by atoms with E-state index in [9.17, 15) is 4.79 Å². The van der Waals surface area contributed by atoms with Gasteiger partial charge in [-0.3, -0.25) is 4.79 Å². The highest BCUT2D eigenvalue weighted by atomic mass is 16.5. The van der Waals surface area contributed by atoms with Gasteiger partial charge in [-0.1, -0.05) is 31.1 Å². The highest BCUT2D eigenvalue weighted by molar-refractivity contribution is 6.01. The summed E-state index contributed by atoms with van der Waals surface area (Å²) in [4.78, 5) is 12.4. The molecule has 1 aliphatic carbocycles. The van der Waals surface area contributed by atoms with E-state index in [1.807, 2.05) is 24.3 Å². The fraction of sp³-hybridized carbons (Fsp3) is 0.368. The fourth-order valence-corrected chi connectivity index (χ4v) is 3.04. The van der Waals surface area contributed by atoms with E-state index in [0.29, 0.717) is 29.2 Å². The van der Waals surface area contributed by atoms with E-state index in [1.54, 1.807) is 20.3 Å². The second-order valence-electron chi connectivity index (χ2n) is 6.76. The first kappa shape index (κ1) is 16.3. The van der Waals surface area contributed by atoms with Crippen molar-refractivity contribution in [1.82, 2.24) is 5.16 Å². The molecule has 5 nitrogen and oxygen atoms in total. The van der Waals surface area contributed by atoms with Crippen molar-refractivity contribution in [2.45, 2.75) is 26.7 Å². The average molecular weight is 327 g/mol. The van der Waals surface area contributed by atoms with E-state index < -0.39 is 0 Å². The van der Waals surface area contributed by atoms with Crippen molar-refractivity contribution in [3.05, 3.63) is 40.8 Å². The van der Waals surface area contributed by atoms with Crippen LogP contribution in [-0.4, -0.2) is 25.2 Å². The topological polar surface area (TPSA) is 61.6 Å². The summed E-state index contributed by atoms with van der Waals surface area (Å²) in [6, 6.07) is 5.61. The maximum absolute atomic E-state index is 12.4. The quantitative estimate of drug-likeness (QED) is 0.849. The maximum Gasteiger partial charge on any atom is 0.170 e. The normalized spacial score (nSPS) is 16.2. The number of ketones is 1. The predicted molar refractivity (Wildman–Crippen MR) is 91.4 cm³/mol. The van der Waals surface area contributed by atoms with Crippen LogP contribution in [0.3, 0.4) is 0 Å². The van der Waals surface area contributed by atoms with E-state index in [1.165, 1.54) is 0 Å². The summed E-state index contributed by atoms with van der Waals surface area (Å²) in [6.07, 6.45) is 4.92. The fourth-order valence-electron chi connectivity index (χ4n) is 3.04. The zero-order chi connectivity index (χ0) is 17.3. The first-order valence-electron chi connectivity index (χ1n) is 7.85. The molecule has 0 spiro atoms. The first-order valence-corrected chi connectivity index (χ1v) is 7.85. The molecule has 0 fully saturated rings. The summed E-state index contributed by atoms with van der Waals surface area (Å²) < 4.78 is 15.9. The van der Waals surface area contributed by atoms with Gasteiger partial charge in [0.15, 0.2) is 23.0 Å². The molecule has 1 aromatic heterocycles. The Kier molecular flexibility index (Phi) is 4.18. The molecule has 0 unspecified atom stereocenters. The van der Waals surface area contributed by atoms with E-state index in [4.69, 9.17) is 14.0 Å². The highest BCUT2D eigenvalue weighted by Gasteiger charge is 2.35. The van der Waals surface area contributed by atoms with Crippen molar-refractivity contribution in [2.75, 3.05) is 14.2 Å². The number of methoxy groups -OCH3 is 2. The Morgan fingerprint density at radius 3 is 2.58 bits per heavy atom. The number of hydrogen-bond donors (Lipinski definition) is 0. The second kappa shape index (κ2) is 6.15. The van der Waals surface area contributed by atoms with Crippen LogP contribution in [0.15, 0.2) is 22.7 Å². The number of fused-ring (bicyclic) bond motifs is 1. The summed E-state index contributed by atoms with van der Waals surface area (Å²) >= 11 is 0. The van der Waals surface area contributed by atoms with Crippen LogP contribution in [0.25, 0.3) is 12.2 Å². The Balaban J connectivity index is 1.89. The van der Waals surface area contributed by atoms with Crippen molar-refractivity contribution in [2.24, 2.45) is 5.41 Å². The number of carbonyl (C=O) groups excluding carboxylic acids is 1. The van der Waals surface area contributed by atoms with Gasteiger partial charge in [0.1, 0.15) is 0 Å². The lowest BCUT2D eigenvalue weighted by Crippen LogP contribution is -2.26. The molecule has 1 aromatic carbocycles. The van der Waals surface area contributed by atoms with Crippen LogP contribution < -0.4 is 9.47 Å². The Bertz CT molecular complexity index is 802. The van der Waals surface area contributed by atoms with Crippen molar-refractivity contribution in [3.63, 3.8) is 0 Å². The molecule has 0 bridgehead atoms. The SMILES string of the molecule is COc1ccc(/C=C\c2onc3c2C(=O)CC(C)(C)C3)cc1OC. The summed E-state index contributed by atoms with van der Waals surface area (Å²) in [7, 11) is 3.19. The number of nitrogens with zero attached hydrogens (tertiary/aromatic N) is 1. The maximum atomic E-state index is 12.4. The van der Waals surface area contributed by atoms with Gasteiger partial charge in [0, 0.05) is 6.42 Å². The van der Waals surface area contributed by atoms with Crippen LogP contribution in [0.2, 0.25) is 0 Å². The van der Waals surface area contributed by atoms with Gasteiger partial charge >= 0.3 is 0 Å². The third kappa shape index (κ3) is 3.07. The number of ether oxygens (including phenoxy) is 2. The van der Waals surface area contributed by atoms with Gasteiger partial charge in [0.05, 0.1) is 25.5 Å². The summed E-state index contributed by atoms with van der Waals surface area (Å²) in [6.45, 7) is 4.14. The number of aromatic nitrogens is 1. The van der Waals surface area contributed by atoms with Crippen LogP contribution in [0.1, 0.15) is 47.6 Å². The van der Waals surface area contributed by atoms with Crippen LogP contribution in [-0.2, 0) is 6.42 Å². The van der Waals surface area contributed by atoms with Gasteiger partial charge in [-0.2, -0.15) is 0 Å². The van der Waals surface area contributed by atoms with Crippen molar-refractivity contribution in [3.8, 4) is 11.5 Å². The van der Waals surface area contributed by atoms with Gasteiger partial charge in [-0.05, 0) is 35.6 Å². The van der Waals surface area contributed by atoms with E-state index >= 15 is 0 Å². The van der Waals surface area contributed by atoms with Crippen molar-refractivity contribution < 1.29 is 18.8 Å². The summed E-state index contributed by atoms with van der Waals surface area (Å²) in [5.74, 6) is 1.93. The van der Waals surface area contributed by atoms with Gasteiger partial charge in [0.2, 0.25) is 0 Å². The number of carbonyl (C=O) groups is 1. The molecule has 0 atom stereocenters. The number of rotatable bonds is 4. The molecule has 0 saturated carbocycles. The zero-order valence-electron chi connectivity index (χ0n) is 14.4. The monoisotopic (exact) mass is 327 g/mol. The van der Waals surface area contributed by atoms with Gasteiger partial charge in [-0.15, -0.1) is 0 Å². The largest absolute Gasteiger partial charge is 0.493 e. The molecule has 0 amide bonds. The Hall–Kier alpha value is -2.56. The average Bonchev–Trinajstić information content (AvgIpc) is 2.94. The molecule has 1 aliphatic rings. The van der Waals surface area contributed by atoms with Gasteiger partial charge in [0.25, 0.3) is 0 Å². The Labute approximate surface area is 141 Å². The van der Waals surface area contributed by atoms with E-state index in [2.05, 4.69) is 19.0 Å². The molecule has 1 heterocycles. The van der Waals surface area contributed by atoms with Crippen LogP contribution in [0, 0.1) is 5.41 Å². The van der Waals surface area contributed by atoms with Crippen molar-refractivity contribution >= 4 is 17.9 Å². The van der Waals surface area contributed by atoms with E-state index in [-0.39, 0.29) is 11.2 Å². The molecule has 0 radical (unpaired) electrons. The minimum Gasteiger partial charge on any atom is -0.493 e. The second-order valence-corrected chi connectivity index (χ2v) is 6.76. The Morgan fingerprint density at radius 1 is 1.12 bits per heavy atom. The Morgan fingerprint density at radius 2 is 1.88 bits per heavy atom. The third-order valence-electron chi connectivity index (χ3n) is 4.19. The lowest BCUT2D eigenvalue weighted by Gasteiger charge is -2.26. The highest BCUT2D eigenvalue weighted by Crippen LogP contribution is 2.36. The van der Waals surface area contributed by atoms with Gasteiger partial charge in [-0.25, -0.2) is 0 Å². The van der Waals surface area contributed by atoms with Crippen LogP contribution in [0.5, 0.6) is 11.5 Å². The lowest BCUT2D eigenvalue weighted by molar-refractivity contribution is 0.0911. The third-order valence-corrected chi connectivity index (χ3v) is 4.19. The lowest BCUT2D eigenvalue weighted by atomic mass is 9.76. The minimum atomic E-state index is -0.0642. The summed E-state index contributed by atoms with van der Waals surface area (Å²) in [5.41, 5.74) is 2.22. The number of hydrogen-bond acceptors (Lipinski definition) is 5. The molecule has 0 N–H and O–H groups in total. The molecule has 3 rings (SSSR count). The molecule has 0 saturated heterocycles. The molecule has 5 heteroatoms. The standard InChI is InChI=1S/C19H21NO4/c1-19(2)10-13-18(14(21)11-19)16(24-20-13)8-6-12-5-7-15(22-3)17(9-12)23-4/h5-9H,10-11H2,1-4H3/b8-6-. The smallest absolute Gasteiger partial charge is 0.170 e. The van der Waals surface area contributed by atoms with Gasteiger partial charge < -0.3 is 14.0 Å². The molecular weight excluding hydrogens is 306 g/mol. The van der Waals surface area contributed by atoms with Crippen LogP contribution >= 0.6 is 0 Å².